The number of hydrogen-bond acceptors (Lipinski definition) is 16. The van der Waals surface area contributed by atoms with Gasteiger partial charge in [-0.3, -0.25) is 57.7 Å². The summed E-state index contributed by atoms with van der Waals surface area (Å²) < 4.78 is 5.74. The number of Topliss-reactive ketones (excluding diaryl/α,β-unsaturated/α-hetero) is 1. The number of hydrogen-bond donors (Lipinski definition) is 14. The third-order valence-corrected chi connectivity index (χ3v) is 16.4. The molecule has 17 N–H and O–H groups in total. The third kappa shape index (κ3) is 25.3. The average Bonchev–Trinajstić information content (AvgIpc) is 3.75. The summed E-state index contributed by atoms with van der Waals surface area (Å²) in [5.74, 6) is -13.1. The van der Waals surface area contributed by atoms with Crippen LogP contribution in [0.4, 0.5) is 0 Å². The number of cyclic esters (lactones) is 1. The summed E-state index contributed by atoms with van der Waals surface area (Å²) in [5.41, 5.74) is 17.5. The fourth-order valence-corrected chi connectivity index (χ4v) is 9.70. The van der Waals surface area contributed by atoms with Crippen LogP contribution in [0.1, 0.15) is 152 Å². The minimum absolute atomic E-state index is 0.0428. The number of ether oxygens (including phenoxy) is 1. The number of aliphatic hydroxyl groups is 1. The van der Waals surface area contributed by atoms with Crippen LogP contribution in [0.2, 0.25) is 0 Å². The maximum Gasteiger partial charge on any atom is 0.329 e. The molecule has 1 heterocycles. The first-order valence-corrected chi connectivity index (χ1v) is 31.1. The van der Waals surface area contributed by atoms with Crippen molar-refractivity contribution in [3.05, 3.63) is 35.9 Å². The lowest BCUT2D eigenvalue weighted by molar-refractivity contribution is -0.157. The van der Waals surface area contributed by atoms with Crippen molar-refractivity contribution >= 4 is 76.8 Å². The monoisotopic (exact) mass is 1250 g/mol. The van der Waals surface area contributed by atoms with Gasteiger partial charge in [-0.15, -0.1) is 0 Å². The van der Waals surface area contributed by atoms with Crippen molar-refractivity contribution in [2.45, 2.75) is 220 Å². The number of carbonyl (C=O) groups excluding carboxylic acids is 12. The molecule has 2 rings (SSSR count). The van der Waals surface area contributed by atoms with Crippen molar-refractivity contribution < 1.29 is 67.4 Å². The van der Waals surface area contributed by atoms with E-state index in [0.29, 0.717) is 25.7 Å². The lowest BCUT2D eigenvalue weighted by Crippen LogP contribution is -2.62. The zero-order chi connectivity index (χ0) is 67.2. The van der Waals surface area contributed by atoms with E-state index in [1.54, 1.807) is 55.5 Å². The van der Waals surface area contributed by atoms with Crippen LogP contribution in [0.25, 0.3) is 0 Å². The Morgan fingerprint density at radius 1 is 0.640 bits per heavy atom. The molecule has 16 atom stereocenters. The first-order chi connectivity index (χ1) is 42.0. The van der Waals surface area contributed by atoms with Crippen molar-refractivity contribution in [2.24, 2.45) is 51.8 Å². The Bertz CT molecular complexity index is 2570. The molecule has 1 aromatic rings. The highest BCUT2D eigenvalue weighted by Gasteiger charge is 2.41. The number of ketones is 1. The van der Waals surface area contributed by atoms with Gasteiger partial charge in [-0.05, 0) is 75.3 Å². The second kappa shape index (κ2) is 39.3. The first kappa shape index (κ1) is 77.3. The van der Waals surface area contributed by atoms with Crippen molar-refractivity contribution in [1.29, 1.82) is 0 Å². The Hall–Kier alpha value is -7.75. The summed E-state index contributed by atoms with van der Waals surface area (Å²) in [5, 5.41) is 37.4. The van der Waals surface area contributed by atoms with Crippen LogP contribution in [-0.2, 0) is 68.7 Å². The maximum absolute atomic E-state index is 14.5. The van der Waals surface area contributed by atoms with E-state index in [9.17, 15) is 62.6 Å². The average molecular weight is 1260 g/mol. The quantitative estimate of drug-likeness (QED) is 0.0168. The van der Waals surface area contributed by atoms with E-state index < -0.39 is 186 Å². The Balaban J connectivity index is 2.49. The Labute approximate surface area is 523 Å². The predicted molar refractivity (Wildman–Crippen MR) is 333 cm³/mol. The summed E-state index contributed by atoms with van der Waals surface area (Å²) in [6.45, 7) is 17.4. The number of nitrogens with zero attached hydrogens (tertiary/aromatic N) is 1. The number of likely N-dealkylation sites (N-methyl/N-ethyl adjacent to an activating group) is 1. The lowest BCUT2D eigenvalue weighted by Gasteiger charge is -2.31. The van der Waals surface area contributed by atoms with Crippen molar-refractivity contribution in [3.8, 4) is 0 Å². The van der Waals surface area contributed by atoms with Crippen LogP contribution >= 0.6 is 0 Å². The number of amides is 10. The summed E-state index contributed by atoms with van der Waals surface area (Å²) >= 11 is 0. The van der Waals surface area contributed by atoms with E-state index in [4.69, 9.17) is 21.9 Å². The minimum atomic E-state index is -1.77. The normalized spacial score (nSPS) is 21.0. The molecule has 0 saturated carbocycles. The van der Waals surface area contributed by atoms with Crippen LogP contribution in [-0.4, -0.2) is 169 Å². The van der Waals surface area contributed by atoms with Gasteiger partial charge in [0.1, 0.15) is 60.5 Å². The summed E-state index contributed by atoms with van der Waals surface area (Å²) in [6.07, 6.45) is -0.108. The number of nitrogens with one attached hydrogen (secondary N) is 10. The zero-order valence-corrected chi connectivity index (χ0v) is 54.0. The van der Waals surface area contributed by atoms with Crippen molar-refractivity contribution in [2.75, 3.05) is 20.2 Å². The first-order valence-electron chi connectivity index (χ1n) is 31.1. The molecule has 0 bridgehead atoms. The molecule has 500 valence electrons. The van der Waals surface area contributed by atoms with Gasteiger partial charge in [0.15, 0.2) is 11.7 Å². The summed E-state index contributed by atoms with van der Waals surface area (Å²) in [7, 11) is 1.62. The van der Waals surface area contributed by atoms with Crippen LogP contribution in [0.5, 0.6) is 0 Å². The lowest BCUT2D eigenvalue weighted by atomic mass is 9.94. The molecule has 1 saturated heterocycles. The second-order valence-corrected chi connectivity index (χ2v) is 23.4. The van der Waals surface area contributed by atoms with Crippen molar-refractivity contribution in [3.63, 3.8) is 0 Å². The SMILES string of the molecule is CCC[C@@H]1NC(=O)[C@H](C)CC(=O)[C@H](NC(=O)[C@H](CO)NC(=O)[C@@H](NC(=O)[C@H](NC(=O)[C@@H](CCC(N)=O)NC(=O)[C@H](CCCN=C(N)N)NC(=O)[C@@H](NC(=O)[C@@H](Cc2ccccc2)NC)[C@@H](C)CC)[C@H](C)CC)[C@@H](C)CC)[C@H](C)OC(=O)[C@H]([C@@H](C)CC)NC1=O. The van der Waals surface area contributed by atoms with Gasteiger partial charge in [0, 0.05) is 25.3 Å². The summed E-state index contributed by atoms with van der Waals surface area (Å²) in [6, 6.07) is -3.98. The van der Waals surface area contributed by atoms with Crippen LogP contribution < -0.4 is 70.4 Å². The molecular weight excluding hydrogens is 1150 g/mol. The topological polar surface area (TPSA) is 445 Å². The van der Waals surface area contributed by atoms with Gasteiger partial charge in [-0.1, -0.05) is 132 Å². The molecule has 0 aromatic heterocycles. The van der Waals surface area contributed by atoms with Gasteiger partial charge in [-0.25, -0.2) is 4.79 Å². The molecule has 0 aliphatic carbocycles. The third-order valence-electron chi connectivity index (χ3n) is 16.4. The zero-order valence-electron chi connectivity index (χ0n) is 54.0. The van der Waals surface area contributed by atoms with Gasteiger partial charge >= 0.3 is 5.97 Å². The van der Waals surface area contributed by atoms with E-state index in [-0.39, 0.29) is 51.0 Å². The number of esters is 1. The fraction of sp³-hybridized carbons (Fsp3) is 0.689. The van der Waals surface area contributed by atoms with Crippen LogP contribution in [0.15, 0.2) is 35.3 Å². The van der Waals surface area contributed by atoms with Gasteiger partial charge in [0.2, 0.25) is 59.1 Å². The van der Waals surface area contributed by atoms with Gasteiger partial charge in [-0.2, -0.15) is 0 Å². The van der Waals surface area contributed by atoms with Crippen LogP contribution in [0.3, 0.4) is 0 Å². The molecule has 1 aliphatic rings. The van der Waals surface area contributed by atoms with E-state index in [0.717, 1.165) is 5.56 Å². The van der Waals surface area contributed by atoms with Gasteiger partial charge in [0.05, 0.1) is 12.6 Å². The number of aliphatic imine (C=N–C) groups is 1. The molecule has 28 heteroatoms. The summed E-state index contributed by atoms with van der Waals surface area (Å²) in [4.78, 5) is 171. The minimum Gasteiger partial charge on any atom is -0.458 e. The molecule has 0 spiro atoms. The number of primary amides is 1. The molecule has 28 nitrogen and oxygen atoms in total. The highest BCUT2D eigenvalue weighted by Crippen LogP contribution is 2.19. The maximum atomic E-state index is 14.5. The molecule has 89 heavy (non-hydrogen) atoms. The van der Waals surface area contributed by atoms with E-state index >= 15 is 0 Å². The van der Waals surface area contributed by atoms with E-state index in [1.807, 2.05) is 44.2 Å². The molecule has 1 aromatic carbocycles. The van der Waals surface area contributed by atoms with E-state index in [2.05, 4.69) is 58.2 Å². The molecule has 10 amide bonds. The molecule has 0 radical (unpaired) electrons. The fourth-order valence-electron chi connectivity index (χ4n) is 9.70. The number of rotatable bonds is 35. The standard InChI is InChI=1S/C61H102N14O14/c1-13-22-39-53(81)74-49(35(9)17-5)60(88)89-37(11)50(44(77)29-36(10)51(79)67-39)75-56(84)43(31-76)70-58(86)47(33(7)15-3)73-59(87)48(34(8)16-4)71-54(82)41(26-27-45(62)78)68-52(80)40(25-21-28-66-61(63)64)69-57(85)46(32(6)14-2)72-55(83)42(65-12)30-38-23-19-18-20-24-38/h18-20,23-24,32-37,39-43,46-50,65,76H,13-17,21-22,25-31H2,1-12H3,(H2,62,78)(H,67,79)(H,68,80)(H,69,85)(H,70,86)(H,71,82)(H,72,83)(H,73,87)(H,74,81)(H,75,84)(H4,63,64,66)/t32-,33-,34+,35-,36+,37-,39-,40-,41+,42+,43-,46-,47-,48+,49-,50+/m0/s1. The number of benzene rings is 1. The Morgan fingerprint density at radius 2 is 1.13 bits per heavy atom. The number of aliphatic hydroxyl groups excluding tert-OH is 1. The highest BCUT2D eigenvalue weighted by atomic mass is 16.5. The van der Waals surface area contributed by atoms with Crippen molar-refractivity contribution in [1.82, 2.24) is 53.2 Å². The molecule has 1 fully saturated rings. The number of nitrogens with two attached hydrogens (primary N) is 3. The second-order valence-electron chi connectivity index (χ2n) is 23.4. The van der Waals surface area contributed by atoms with Crippen LogP contribution in [0, 0.1) is 29.6 Å². The highest BCUT2D eigenvalue weighted by molar-refractivity contribution is 5.99. The smallest absolute Gasteiger partial charge is 0.329 e. The number of guanidine groups is 1. The van der Waals surface area contributed by atoms with Gasteiger partial charge < -0.3 is 80.2 Å². The predicted octanol–water partition coefficient (Wildman–Crippen LogP) is -0.983. The Morgan fingerprint density at radius 3 is 1.63 bits per heavy atom. The molecule has 1 aliphatic heterocycles. The Kier molecular flexibility index (Phi) is 34.2. The molecular formula is C61H102N14O14. The largest absolute Gasteiger partial charge is 0.458 e. The van der Waals surface area contributed by atoms with Gasteiger partial charge in [0.25, 0.3) is 0 Å². The molecule has 0 unspecified atom stereocenters. The number of carbonyl (C=O) groups is 12. The van der Waals surface area contributed by atoms with E-state index in [1.165, 1.54) is 13.8 Å².